The molecule has 3 aliphatic heterocycles. The summed E-state index contributed by atoms with van der Waals surface area (Å²) in [5.74, 6) is -0.698. The number of hydrogen-bond acceptors (Lipinski definition) is 11. The lowest BCUT2D eigenvalue weighted by Crippen LogP contribution is -2.53. The van der Waals surface area contributed by atoms with Crippen LogP contribution in [0.4, 0.5) is 26.0 Å². The van der Waals surface area contributed by atoms with Gasteiger partial charge in [-0.05, 0) is 61.3 Å². The van der Waals surface area contributed by atoms with Crippen molar-refractivity contribution >= 4 is 53.5 Å². The number of hydrogen-bond donors (Lipinski definition) is 3. The van der Waals surface area contributed by atoms with Gasteiger partial charge >= 0.3 is 0 Å². The van der Waals surface area contributed by atoms with Crippen molar-refractivity contribution in [3.63, 3.8) is 0 Å². The van der Waals surface area contributed by atoms with Crippen molar-refractivity contribution in [3.05, 3.63) is 83.5 Å². The number of fused-ring (bicyclic) bond motifs is 1. The highest BCUT2D eigenvalue weighted by molar-refractivity contribution is 7.80. The Hall–Kier alpha value is -5.16. The van der Waals surface area contributed by atoms with Crippen molar-refractivity contribution in [2.45, 2.75) is 69.0 Å². The third kappa shape index (κ3) is 7.02. The molecule has 2 N–H and O–H groups in total. The van der Waals surface area contributed by atoms with Gasteiger partial charge in [0.1, 0.15) is 23.5 Å². The van der Waals surface area contributed by atoms with E-state index in [4.69, 9.17) is 4.42 Å². The van der Waals surface area contributed by atoms with Gasteiger partial charge in [-0.15, -0.1) is 12.6 Å². The number of benzene rings is 1. The lowest BCUT2D eigenvalue weighted by Gasteiger charge is -2.32. The number of piperidine rings is 2. The number of nitrogens with one attached hydrogen (secondary N) is 2. The Labute approximate surface area is 308 Å². The fourth-order valence-corrected chi connectivity index (χ4v) is 7.80. The van der Waals surface area contributed by atoms with Crippen molar-refractivity contribution in [1.29, 1.82) is 0 Å². The maximum atomic E-state index is 14.7. The Kier molecular flexibility index (Phi) is 9.44. The Morgan fingerprint density at radius 3 is 2.60 bits per heavy atom. The second-order valence-corrected chi connectivity index (χ2v) is 14.4. The predicted molar refractivity (Wildman–Crippen MR) is 190 cm³/mol. The number of rotatable bonds is 11. The van der Waals surface area contributed by atoms with E-state index in [1.165, 1.54) is 33.1 Å². The smallest absolute Gasteiger partial charge is 0.284 e. The van der Waals surface area contributed by atoms with Crippen LogP contribution < -0.4 is 15.5 Å². The van der Waals surface area contributed by atoms with Gasteiger partial charge in [0, 0.05) is 56.6 Å². The largest absolute Gasteiger partial charge is 0.451 e. The highest BCUT2D eigenvalue weighted by Gasteiger charge is 2.44. The fraction of sp³-hybridized carbons (Fsp3) is 0.417. The maximum absolute atomic E-state index is 14.7. The molecule has 6 heterocycles. The Morgan fingerprint density at radius 1 is 1.08 bits per heavy atom. The quantitative estimate of drug-likeness (QED) is 0.141. The highest BCUT2D eigenvalue weighted by Crippen LogP contribution is 2.41. The van der Waals surface area contributed by atoms with Gasteiger partial charge in [-0.2, -0.15) is 5.10 Å². The third-order valence-electron chi connectivity index (χ3n) is 10.3. The van der Waals surface area contributed by atoms with Crippen LogP contribution in [0.5, 0.6) is 0 Å². The molecular formula is C36H37F2N9O5S. The van der Waals surface area contributed by atoms with E-state index in [1.54, 1.807) is 12.1 Å². The average Bonchev–Trinajstić information content (AvgIpc) is 3.51. The molecule has 1 aliphatic carbocycles. The predicted octanol–water partition coefficient (Wildman–Crippen LogP) is 5.03. The molecule has 1 saturated carbocycles. The van der Waals surface area contributed by atoms with Crippen LogP contribution in [0.15, 0.2) is 59.8 Å². The van der Waals surface area contributed by atoms with Crippen LogP contribution in [-0.2, 0) is 16.1 Å². The molecule has 2 unspecified atom stereocenters. The van der Waals surface area contributed by atoms with E-state index in [-0.39, 0.29) is 42.1 Å². The number of anilines is 3. The van der Waals surface area contributed by atoms with E-state index >= 15 is 0 Å². The molecule has 3 fully saturated rings. The molecule has 0 radical (unpaired) electrons. The van der Waals surface area contributed by atoms with E-state index in [2.05, 4.69) is 43.2 Å². The molecule has 8 rings (SSSR count). The number of thiol groups is 1. The molecule has 2 saturated heterocycles. The van der Waals surface area contributed by atoms with Crippen LogP contribution in [0.3, 0.4) is 0 Å². The Morgan fingerprint density at radius 2 is 1.89 bits per heavy atom. The van der Waals surface area contributed by atoms with E-state index in [0.717, 1.165) is 31.3 Å². The number of halogens is 2. The molecule has 0 bridgehead atoms. The summed E-state index contributed by atoms with van der Waals surface area (Å²) in [5, 5.41) is 9.32. The zero-order valence-corrected chi connectivity index (χ0v) is 29.4. The lowest BCUT2D eigenvalue weighted by molar-refractivity contribution is -0.137. The molecule has 3 aromatic heterocycles. The van der Waals surface area contributed by atoms with Gasteiger partial charge < -0.3 is 14.6 Å². The summed E-state index contributed by atoms with van der Waals surface area (Å²) in [6, 6.07) is 7.90. The zero-order valence-electron chi connectivity index (χ0n) is 28.5. The number of amides is 4. The second kappa shape index (κ2) is 14.3. The fourth-order valence-electron chi connectivity index (χ4n) is 7.31. The molecule has 4 aromatic rings. The first-order chi connectivity index (χ1) is 25.6. The van der Waals surface area contributed by atoms with Crippen molar-refractivity contribution in [3.8, 4) is 0 Å². The van der Waals surface area contributed by atoms with Crippen LogP contribution in [-0.4, -0.2) is 78.9 Å². The van der Waals surface area contributed by atoms with Gasteiger partial charge in [-0.25, -0.2) is 18.7 Å². The van der Waals surface area contributed by atoms with Gasteiger partial charge in [0.25, 0.3) is 18.2 Å². The maximum Gasteiger partial charge on any atom is 0.284 e. The van der Waals surface area contributed by atoms with E-state index in [1.807, 2.05) is 18.2 Å². The normalized spacial score (nSPS) is 20.9. The summed E-state index contributed by atoms with van der Waals surface area (Å²) in [6.07, 6.45) is 6.25. The van der Waals surface area contributed by atoms with E-state index in [9.17, 15) is 28.0 Å². The third-order valence-corrected chi connectivity index (χ3v) is 10.8. The minimum Gasteiger partial charge on any atom is -0.451 e. The molecule has 4 amide bonds. The summed E-state index contributed by atoms with van der Waals surface area (Å²) < 4.78 is 35.9. The van der Waals surface area contributed by atoms with Gasteiger partial charge in [-0.3, -0.25) is 39.0 Å². The summed E-state index contributed by atoms with van der Waals surface area (Å²) in [5.41, 5.74) is 1.82. The number of pyridine rings is 1. The molecule has 4 aliphatic rings. The number of oxazole rings is 1. The van der Waals surface area contributed by atoms with Crippen LogP contribution in [0.1, 0.15) is 94.0 Å². The van der Waals surface area contributed by atoms with Crippen molar-refractivity contribution in [2.75, 3.05) is 29.9 Å². The number of aromatic nitrogens is 4. The number of alkyl halides is 2. The summed E-state index contributed by atoms with van der Waals surface area (Å²) in [7, 11) is 0. The second-order valence-electron chi connectivity index (χ2n) is 13.9. The Balaban J connectivity index is 0.977. The van der Waals surface area contributed by atoms with Gasteiger partial charge in [0.05, 0.1) is 17.4 Å². The van der Waals surface area contributed by atoms with Crippen molar-refractivity contribution < 1.29 is 32.4 Å². The van der Waals surface area contributed by atoms with Crippen LogP contribution in [0.25, 0.3) is 0 Å². The number of carbonyl (C=O) groups excluding carboxylic acids is 4. The summed E-state index contributed by atoms with van der Waals surface area (Å²) >= 11 is 4.65. The molecule has 53 heavy (non-hydrogen) atoms. The van der Waals surface area contributed by atoms with Gasteiger partial charge in [-0.1, -0.05) is 12.1 Å². The number of nitrogens with zero attached hydrogens (tertiary/aromatic N) is 7. The topological polar surface area (TPSA) is 159 Å². The van der Waals surface area contributed by atoms with Crippen LogP contribution in [0, 0.1) is 5.92 Å². The molecular weight excluding hydrogens is 709 g/mol. The first kappa shape index (κ1) is 34.9. The van der Waals surface area contributed by atoms with Crippen molar-refractivity contribution in [2.24, 2.45) is 5.92 Å². The van der Waals surface area contributed by atoms with E-state index in [0.29, 0.717) is 61.0 Å². The first-order valence-electron chi connectivity index (χ1n) is 17.6. The molecule has 17 heteroatoms. The van der Waals surface area contributed by atoms with Gasteiger partial charge in [0.15, 0.2) is 17.8 Å². The number of likely N-dealkylation sites (tertiary alicyclic amines) is 1. The Bertz CT molecular complexity index is 2050. The summed E-state index contributed by atoms with van der Waals surface area (Å²) in [4.78, 5) is 64.7. The SMILES string of the molecule is O=C1CCC(N2C(=O)c3cc(CN4CCC(n5cc(N(C(=O)c6cocn6)c6ccnc(NCC7CC7)c6)c(C(F)F)n5)CC4)ccc3C2S)C(=O)N1. The first-order valence-corrected chi connectivity index (χ1v) is 18.2. The zero-order chi connectivity index (χ0) is 36.8. The minimum absolute atomic E-state index is 0.0441. The van der Waals surface area contributed by atoms with Crippen molar-refractivity contribution in [1.82, 2.24) is 34.9 Å². The molecule has 1 aromatic carbocycles. The summed E-state index contributed by atoms with van der Waals surface area (Å²) in [6.45, 7) is 2.55. The number of carbonyl (C=O) groups is 4. The van der Waals surface area contributed by atoms with Gasteiger partial charge in [0.2, 0.25) is 11.8 Å². The molecule has 14 nitrogen and oxygen atoms in total. The monoisotopic (exact) mass is 745 g/mol. The standard InChI is InChI=1S/C36H37F2N9O5S/c37-32(38)31-28(46(35(51)26-18-52-19-41-26)23-7-10-39-29(14-23)40-15-20-1-2-20)17-45(43-31)22-8-11-44(12-9-22)16-21-3-4-24-25(13-21)34(50)47(36(24)53)27-5-6-30(48)42-33(27)49/h3-4,7,10,13-14,17-20,22,27,32,36,53H,1-2,5-6,8-9,11-12,15-16H2,(H,39,40)(H,42,48,49). The highest BCUT2D eigenvalue weighted by atomic mass is 32.1. The molecule has 276 valence electrons. The van der Waals surface area contributed by atoms with Crippen LogP contribution >= 0.6 is 12.6 Å². The molecule has 0 spiro atoms. The van der Waals surface area contributed by atoms with E-state index < -0.39 is 35.3 Å². The molecule has 2 atom stereocenters. The average molecular weight is 746 g/mol. The minimum atomic E-state index is -2.96. The number of imide groups is 1. The van der Waals surface area contributed by atoms with Crippen LogP contribution in [0.2, 0.25) is 0 Å². The lowest BCUT2D eigenvalue weighted by atomic mass is 10.0.